The van der Waals surface area contributed by atoms with Crippen molar-refractivity contribution in [2.24, 2.45) is 4.99 Å². The van der Waals surface area contributed by atoms with Gasteiger partial charge in [-0.15, -0.1) is 0 Å². The smallest absolute Gasteiger partial charge is 0.117 e. The van der Waals surface area contributed by atoms with Crippen LogP contribution in [0, 0.1) is 13.8 Å². The van der Waals surface area contributed by atoms with Gasteiger partial charge in [-0.05, 0) is 56.3 Å². The molecule has 3 rings (SSSR count). The van der Waals surface area contributed by atoms with E-state index in [9.17, 15) is 5.11 Å². The number of hydrogen-bond donors (Lipinski definition) is 1. The quantitative estimate of drug-likeness (QED) is 0.708. The Kier molecular flexibility index (Phi) is 4.61. The highest BCUT2D eigenvalue weighted by Gasteiger charge is 2.09. The lowest BCUT2D eigenvalue weighted by Crippen LogP contribution is -2.08. The van der Waals surface area contributed by atoms with Crippen molar-refractivity contribution in [2.75, 3.05) is 19.0 Å². The Morgan fingerprint density at radius 1 is 1.00 bits per heavy atom. The fraction of sp³-hybridized carbons (Fsp3) is 0.190. The van der Waals surface area contributed by atoms with Crippen LogP contribution in [0.5, 0.6) is 5.75 Å². The molecule has 25 heavy (non-hydrogen) atoms. The molecule has 0 aliphatic carbocycles. The maximum Gasteiger partial charge on any atom is 0.117 e. The van der Waals surface area contributed by atoms with Crippen LogP contribution in [0.4, 0.5) is 11.4 Å². The molecule has 0 atom stereocenters. The summed E-state index contributed by atoms with van der Waals surface area (Å²) in [7, 11) is 4.08. The molecule has 4 nitrogen and oxygen atoms in total. The molecule has 0 unspecified atom stereocenters. The molecule has 0 saturated carbocycles. The second-order valence-electron chi connectivity index (χ2n) is 6.35. The first-order valence-corrected chi connectivity index (χ1v) is 8.25. The second-order valence-corrected chi connectivity index (χ2v) is 6.35. The maximum absolute atomic E-state index is 9.54. The Morgan fingerprint density at radius 2 is 1.72 bits per heavy atom. The SMILES string of the molecule is Cc1cc(C=Nc2cccc(O)c2)c(C)n1-c1ccc(N(C)C)cc1. The molecule has 0 bridgehead atoms. The highest BCUT2D eigenvalue weighted by molar-refractivity contribution is 5.84. The van der Waals surface area contributed by atoms with Crippen LogP contribution in [-0.4, -0.2) is 30.0 Å². The summed E-state index contributed by atoms with van der Waals surface area (Å²) in [5.74, 6) is 0.223. The van der Waals surface area contributed by atoms with Crippen LogP contribution in [0.15, 0.2) is 59.6 Å². The zero-order valence-electron chi connectivity index (χ0n) is 15.1. The lowest BCUT2D eigenvalue weighted by Gasteiger charge is -2.14. The normalized spacial score (nSPS) is 11.2. The summed E-state index contributed by atoms with van der Waals surface area (Å²) in [6.07, 6.45) is 1.85. The van der Waals surface area contributed by atoms with Gasteiger partial charge in [-0.3, -0.25) is 4.99 Å². The van der Waals surface area contributed by atoms with Crippen molar-refractivity contribution in [2.45, 2.75) is 13.8 Å². The minimum Gasteiger partial charge on any atom is -0.508 e. The minimum atomic E-state index is 0.223. The molecule has 1 aromatic heterocycles. The van der Waals surface area contributed by atoms with Gasteiger partial charge in [0, 0.05) is 54.7 Å². The van der Waals surface area contributed by atoms with Gasteiger partial charge in [0.1, 0.15) is 5.75 Å². The third-order valence-electron chi connectivity index (χ3n) is 4.28. The van der Waals surface area contributed by atoms with Crippen LogP contribution in [0.25, 0.3) is 5.69 Å². The Labute approximate surface area is 148 Å². The molecule has 0 aliphatic heterocycles. The minimum absolute atomic E-state index is 0.223. The first-order valence-electron chi connectivity index (χ1n) is 8.25. The highest BCUT2D eigenvalue weighted by atomic mass is 16.3. The maximum atomic E-state index is 9.54. The van der Waals surface area contributed by atoms with Crippen molar-refractivity contribution in [3.8, 4) is 11.4 Å². The molecule has 2 aromatic carbocycles. The number of phenolic OH excluding ortho intramolecular Hbond substituents is 1. The van der Waals surface area contributed by atoms with Gasteiger partial charge >= 0.3 is 0 Å². The zero-order valence-corrected chi connectivity index (χ0v) is 15.1. The molecule has 0 aliphatic rings. The number of hydrogen-bond acceptors (Lipinski definition) is 3. The largest absolute Gasteiger partial charge is 0.508 e. The number of phenols is 1. The second kappa shape index (κ2) is 6.85. The van der Waals surface area contributed by atoms with E-state index in [1.54, 1.807) is 18.2 Å². The van der Waals surface area contributed by atoms with E-state index >= 15 is 0 Å². The summed E-state index contributed by atoms with van der Waals surface area (Å²) >= 11 is 0. The molecule has 0 spiro atoms. The van der Waals surface area contributed by atoms with Crippen LogP contribution < -0.4 is 4.90 Å². The number of aliphatic imine (C=N–C) groups is 1. The molecule has 3 aromatic rings. The number of anilines is 1. The van der Waals surface area contributed by atoms with Crippen LogP contribution in [0.3, 0.4) is 0 Å². The van der Waals surface area contributed by atoms with Gasteiger partial charge in [-0.2, -0.15) is 0 Å². The van der Waals surface area contributed by atoms with Gasteiger partial charge < -0.3 is 14.6 Å². The highest BCUT2D eigenvalue weighted by Crippen LogP contribution is 2.23. The molecule has 0 fully saturated rings. The van der Waals surface area contributed by atoms with Crippen LogP contribution >= 0.6 is 0 Å². The Morgan fingerprint density at radius 3 is 2.36 bits per heavy atom. The topological polar surface area (TPSA) is 40.8 Å². The first-order chi connectivity index (χ1) is 12.0. The predicted octanol–water partition coefficient (Wildman–Crippen LogP) is 4.62. The third-order valence-corrected chi connectivity index (χ3v) is 4.28. The fourth-order valence-corrected chi connectivity index (χ4v) is 2.93. The van der Waals surface area contributed by atoms with Gasteiger partial charge in [0.2, 0.25) is 0 Å². The van der Waals surface area contributed by atoms with E-state index in [0.29, 0.717) is 0 Å². The van der Waals surface area contributed by atoms with Crippen molar-refractivity contribution in [3.63, 3.8) is 0 Å². The lowest BCUT2D eigenvalue weighted by atomic mass is 10.2. The van der Waals surface area contributed by atoms with E-state index in [0.717, 1.165) is 28.3 Å². The summed E-state index contributed by atoms with van der Waals surface area (Å²) in [6.45, 7) is 4.19. The Hall–Kier alpha value is -3.01. The molecule has 1 heterocycles. The first kappa shape index (κ1) is 16.8. The molecule has 128 valence electrons. The Balaban J connectivity index is 1.93. The van der Waals surface area contributed by atoms with Crippen LogP contribution in [0.2, 0.25) is 0 Å². The number of aromatic hydroxyl groups is 1. The van der Waals surface area contributed by atoms with E-state index in [1.165, 1.54) is 5.69 Å². The van der Waals surface area contributed by atoms with E-state index in [-0.39, 0.29) is 5.75 Å². The number of aromatic nitrogens is 1. The van der Waals surface area contributed by atoms with Gasteiger partial charge in [-0.25, -0.2) is 0 Å². The molecule has 0 saturated heterocycles. The van der Waals surface area contributed by atoms with Gasteiger partial charge in [0.15, 0.2) is 0 Å². The van der Waals surface area contributed by atoms with E-state index in [2.05, 4.69) is 58.6 Å². The van der Waals surface area contributed by atoms with Gasteiger partial charge in [0.05, 0.1) is 5.69 Å². The summed E-state index contributed by atoms with van der Waals surface area (Å²) in [6, 6.07) is 17.6. The van der Waals surface area contributed by atoms with Crippen molar-refractivity contribution in [1.29, 1.82) is 0 Å². The fourth-order valence-electron chi connectivity index (χ4n) is 2.93. The summed E-state index contributed by atoms with van der Waals surface area (Å²) in [5, 5.41) is 9.54. The van der Waals surface area contributed by atoms with Crippen LogP contribution in [0.1, 0.15) is 17.0 Å². The molecular formula is C21H23N3O. The van der Waals surface area contributed by atoms with E-state index in [4.69, 9.17) is 0 Å². The number of rotatable bonds is 4. The van der Waals surface area contributed by atoms with Crippen molar-refractivity contribution < 1.29 is 5.11 Å². The van der Waals surface area contributed by atoms with E-state index < -0.39 is 0 Å². The number of aryl methyl sites for hydroxylation is 1. The van der Waals surface area contributed by atoms with Gasteiger partial charge in [-0.1, -0.05) is 6.07 Å². The summed E-state index contributed by atoms with van der Waals surface area (Å²) in [5.41, 5.74) is 6.42. The Bertz CT molecular complexity index is 905. The standard InChI is InChI=1S/C21H23N3O/c1-15-12-17(14-22-18-6-5-7-21(25)13-18)16(2)24(15)20-10-8-19(9-11-20)23(3)4/h5-14,25H,1-4H3. The molecule has 4 heteroatoms. The number of nitrogens with zero attached hydrogens (tertiary/aromatic N) is 3. The molecule has 1 N–H and O–H groups in total. The predicted molar refractivity (Wildman–Crippen MR) is 105 cm³/mol. The average Bonchev–Trinajstić information content (AvgIpc) is 2.87. The third kappa shape index (κ3) is 3.58. The molecular weight excluding hydrogens is 310 g/mol. The van der Waals surface area contributed by atoms with Crippen molar-refractivity contribution in [1.82, 2.24) is 4.57 Å². The van der Waals surface area contributed by atoms with E-state index in [1.807, 2.05) is 26.4 Å². The number of benzene rings is 2. The molecule has 0 radical (unpaired) electrons. The molecule has 0 amide bonds. The van der Waals surface area contributed by atoms with Gasteiger partial charge in [0.25, 0.3) is 0 Å². The summed E-state index contributed by atoms with van der Waals surface area (Å²) < 4.78 is 2.23. The van der Waals surface area contributed by atoms with Crippen molar-refractivity contribution in [3.05, 3.63) is 71.5 Å². The summed E-state index contributed by atoms with van der Waals surface area (Å²) in [4.78, 5) is 6.57. The monoisotopic (exact) mass is 333 g/mol. The van der Waals surface area contributed by atoms with Crippen LogP contribution in [-0.2, 0) is 0 Å². The lowest BCUT2D eigenvalue weighted by molar-refractivity contribution is 0.475. The average molecular weight is 333 g/mol. The van der Waals surface area contributed by atoms with Crippen molar-refractivity contribution >= 4 is 17.6 Å². The zero-order chi connectivity index (χ0) is 18.0.